The number of halogens is 1. The Kier molecular flexibility index (Phi) is 9.04. The van der Waals surface area contributed by atoms with Gasteiger partial charge in [-0.25, -0.2) is 0 Å². The van der Waals surface area contributed by atoms with Crippen molar-refractivity contribution in [2.75, 3.05) is 26.2 Å². The highest BCUT2D eigenvalue weighted by Gasteiger charge is 2.18. The normalized spacial score (nSPS) is 19.4. The lowest BCUT2D eigenvalue weighted by atomic mass is 10.0. The van der Waals surface area contributed by atoms with E-state index in [0.29, 0.717) is 31.7 Å². The van der Waals surface area contributed by atoms with Crippen LogP contribution in [-0.2, 0) is 4.79 Å². The van der Waals surface area contributed by atoms with Crippen molar-refractivity contribution < 1.29 is 9.59 Å². The van der Waals surface area contributed by atoms with Gasteiger partial charge in [-0.15, -0.1) is 12.4 Å². The van der Waals surface area contributed by atoms with Crippen LogP contribution in [0.3, 0.4) is 0 Å². The van der Waals surface area contributed by atoms with Gasteiger partial charge in [-0.05, 0) is 43.5 Å². The fourth-order valence-corrected chi connectivity index (χ4v) is 3.40. The number of nitrogens with zero attached hydrogens (tertiary/aromatic N) is 1. The first-order valence-electron chi connectivity index (χ1n) is 9.72. The molecular formula is C21H29ClN4O2. The molecule has 1 aliphatic rings. The quantitative estimate of drug-likeness (QED) is 0.720. The monoisotopic (exact) mass is 404 g/mol. The smallest absolute Gasteiger partial charge is 0.270 e. The summed E-state index contributed by atoms with van der Waals surface area (Å²) in [6, 6.07) is 13.7. The first-order valence-corrected chi connectivity index (χ1v) is 9.72. The van der Waals surface area contributed by atoms with E-state index in [2.05, 4.69) is 15.6 Å². The third-order valence-corrected chi connectivity index (χ3v) is 4.88. The number of aromatic nitrogens is 1. The van der Waals surface area contributed by atoms with Crippen LogP contribution >= 0.6 is 12.4 Å². The SMILES string of the molecule is Cl.O=C1CC(c2ccccc2)NCCCN(C(=O)c2ccc[nH]2)CCCCN1. The lowest BCUT2D eigenvalue weighted by Crippen LogP contribution is -2.35. The van der Waals surface area contributed by atoms with Gasteiger partial charge in [-0.2, -0.15) is 0 Å². The third kappa shape index (κ3) is 6.39. The Labute approximate surface area is 172 Å². The first-order chi connectivity index (χ1) is 13.2. The molecule has 0 aliphatic carbocycles. The fraction of sp³-hybridized carbons (Fsp3) is 0.429. The van der Waals surface area contributed by atoms with Gasteiger partial charge in [0.05, 0.1) is 0 Å². The van der Waals surface area contributed by atoms with Crippen molar-refractivity contribution >= 4 is 24.2 Å². The van der Waals surface area contributed by atoms with Gasteiger partial charge in [0.25, 0.3) is 5.91 Å². The number of nitrogens with one attached hydrogen (secondary N) is 3. The highest BCUT2D eigenvalue weighted by atomic mass is 35.5. The lowest BCUT2D eigenvalue weighted by molar-refractivity contribution is -0.121. The predicted octanol–water partition coefficient (Wildman–Crippen LogP) is 2.90. The highest BCUT2D eigenvalue weighted by molar-refractivity contribution is 5.92. The van der Waals surface area contributed by atoms with Crippen LogP contribution in [0.15, 0.2) is 48.7 Å². The molecule has 1 aliphatic heterocycles. The molecule has 152 valence electrons. The van der Waals surface area contributed by atoms with Gasteiger partial charge in [0.1, 0.15) is 5.69 Å². The minimum Gasteiger partial charge on any atom is -0.357 e. The minimum absolute atomic E-state index is 0. The maximum atomic E-state index is 12.7. The summed E-state index contributed by atoms with van der Waals surface area (Å²) in [5.41, 5.74) is 1.74. The number of H-pyrrole nitrogens is 1. The Bertz CT molecular complexity index is 721. The van der Waals surface area contributed by atoms with Crippen LogP contribution < -0.4 is 10.6 Å². The topological polar surface area (TPSA) is 77.2 Å². The zero-order chi connectivity index (χ0) is 18.9. The summed E-state index contributed by atoms with van der Waals surface area (Å²) in [7, 11) is 0. The average molecular weight is 405 g/mol. The van der Waals surface area contributed by atoms with E-state index >= 15 is 0 Å². The Balaban J connectivity index is 0.00000280. The van der Waals surface area contributed by atoms with Crippen LogP contribution in [0.4, 0.5) is 0 Å². The molecule has 1 atom stereocenters. The highest BCUT2D eigenvalue weighted by Crippen LogP contribution is 2.17. The molecule has 7 heteroatoms. The van der Waals surface area contributed by atoms with Crippen molar-refractivity contribution in [2.24, 2.45) is 0 Å². The van der Waals surface area contributed by atoms with Gasteiger partial charge in [0.2, 0.25) is 5.91 Å². The van der Waals surface area contributed by atoms with Crippen molar-refractivity contribution in [1.82, 2.24) is 20.5 Å². The summed E-state index contributed by atoms with van der Waals surface area (Å²) < 4.78 is 0. The van der Waals surface area contributed by atoms with Gasteiger partial charge in [-0.3, -0.25) is 9.59 Å². The van der Waals surface area contributed by atoms with Crippen LogP contribution in [0.1, 0.15) is 47.8 Å². The summed E-state index contributed by atoms with van der Waals surface area (Å²) in [4.78, 5) is 29.9. The summed E-state index contributed by atoms with van der Waals surface area (Å²) >= 11 is 0. The van der Waals surface area contributed by atoms with Gasteiger partial charge >= 0.3 is 0 Å². The van der Waals surface area contributed by atoms with E-state index in [0.717, 1.165) is 31.4 Å². The van der Waals surface area contributed by atoms with Crippen LogP contribution in [0.5, 0.6) is 0 Å². The van der Waals surface area contributed by atoms with E-state index in [4.69, 9.17) is 0 Å². The molecule has 0 bridgehead atoms. The molecule has 3 rings (SSSR count). The second kappa shape index (κ2) is 11.5. The van der Waals surface area contributed by atoms with Crippen molar-refractivity contribution in [3.8, 4) is 0 Å². The van der Waals surface area contributed by atoms with Crippen LogP contribution in [0.25, 0.3) is 0 Å². The Hall–Kier alpha value is -2.31. The second-order valence-electron chi connectivity index (χ2n) is 6.91. The zero-order valence-electron chi connectivity index (χ0n) is 16.0. The van der Waals surface area contributed by atoms with Crippen LogP contribution in [-0.4, -0.2) is 47.9 Å². The Morgan fingerprint density at radius 1 is 0.964 bits per heavy atom. The molecule has 6 nitrogen and oxygen atoms in total. The lowest BCUT2D eigenvalue weighted by Gasteiger charge is -2.23. The van der Waals surface area contributed by atoms with Gasteiger partial charge in [-0.1, -0.05) is 30.3 Å². The van der Waals surface area contributed by atoms with Crippen LogP contribution in [0.2, 0.25) is 0 Å². The number of hydrogen-bond donors (Lipinski definition) is 3. The molecule has 2 aromatic rings. The average Bonchev–Trinajstić information content (AvgIpc) is 3.23. The number of carbonyl (C=O) groups excluding carboxylic acids is 2. The molecule has 1 unspecified atom stereocenters. The van der Waals surface area contributed by atoms with Crippen molar-refractivity contribution in [2.45, 2.75) is 31.7 Å². The molecule has 0 spiro atoms. The predicted molar refractivity (Wildman–Crippen MR) is 113 cm³/mol. The summed E-state index contributed by atoms with van der Waals surface area (Å²) in [5, 5.41) is 6.50. The number of aromatic amines is 1. The van der Waals surface area contributed by atoms with Crippen LogP contribution in [0, 0.1) is 0 Å². The number of rotatable bonds is 2. The first kappa shape index (κ1) is 22.0. The molecular weight excluding hydrogens is 376 g/mol. The summed E-state index contributed by atoms with van der Waals surface area (Å²) in [5.74, 6) is 0.105. The molecule has 1 fully saturated rings. The maximum absolute atomic E-state index is 12.7. The second-order valence-corrected chi connectivity index (χ2v) is 6.91. The van der Waals surface area contributed by atoms with E-state index in [-0.39, 0.29) is 30.3 Å². The molecule has 1 aromatic carbocycles. The number of carbonyl (C=O) groups is 2. The number of hydrogen-bond acceptors (Lipinski definition) is 3. The minimum atomic E-state index is -0.0143. The Morgan fingerprint density at radius 3 is 2.50 bits per heavy atom. The molecule has 1 aromatic heterocycles. The van der Waals surface area contributed by atoms with Gasteiger partial charge in [0, 0.05) is 38.3 Å². The maximum Gasteiger partial charge on any atom is 0.270 e. The fourth-order valence-electron chi connectivity index (χ4n) is 3.40. The largest absolute Gasteiger partial charge is 0.357 e. The standard InChI is InChI=1S/C21H28N4O2.ClH/c26-20-16-19(17-8-2-1-3-9-17)23-13-7-15-25(14-5-4-11-24-20)21(27)18-10-6-12-22-18;/h1-3,6,8-10,12,19,22-23H,4-5,7,11,13-16H2,(H,24,26);1H. The number of benzene rings is 1. The van der Waals surface area contributed by atoms with E-state index in [1.165, 1.54) is 0 Å². The molecule has 28 heavy (non-hydrogen) atoms. The summed E-state index contributed by atoms with van der Waals surface area (Å²) in [6.45, 7) is 2.80. The molecule has 1 saturated heterocycles. The van der Waals surface area contributed by atoms with E-state index < -0.39 is 0 Å². The van der Waals surface area contributed by atoms with E-state index in [1.54, 1.807) is 6.20 Å². The third-order valence-electron chi connectivity index (χ3n) is 4.88. The molecule has 2 amide bonds. The molecule has 2 heterocycles. The zero-order valence-corrected chi connectivity index (χ0v) is 16.8. The molecule has 0 saturated carbocycles. The molecule has 0 radical (unpaired) electrons. The molecule has 3 N–H and O–H groups in total. The van der Waals surface area contributed by atoms with Gasteiger partial charge in [0.15, 0.2) is 0 Å². The number of amides is 2. The van der Waals surface area contributed by atoms with Gasteiger partial charge < -0.3 is 20.5 Å². The summed E-state index contributed by atoms with van der Waals surface area (Å²) in [6.07, 6.45) is 4.79. The van der Waals surface area contributed by atoms with Crippen molar-refractivity contribution in [1.29, 1.82) is 0 Å². The Morgan fingerprint density at radius 2 is 1.75 bits per heavy atom. The van der Waals surface area contributed by atoms with Crippen molar-refractivity contribution in [3.05, 3.63) is 59.9 Å². The van der Waals surface area contributed by atoms with E-state index in [1.807, 2.05) is 47.4 Å². The van der Waals surface area contributed by atoms with Crippen molar-refractivity contribution in [3.63, 3.8) is 0 Å². The van der Waals surface area contributed by atoms with E-state index in [9.17, 15) is 9.59 Å².